The lowest BCUT2D eigenvalue weighted by Crippen LogP contribution is -2.25. The topological polar surface area (TPSA) is 138 Å². The first-order valence-corrected chi connectivity index (χ1v) is 7.21. The second-order valence-corrected chi connectivity index (χ2v) is 5.52. The van der Waals surface area contributed by atoms with Crippen LogP contribution >= 0.6 is 0 Å². The molecule has 1 aromatic rings. The van der Waals surface area contributed by atoms with Crippen LogP contribution in [-0.4, -0.2) is 26.4 Å². The van der Waals surface area contributed by atoms with E-state index >= 15 is 0 Å². The highest BCUT2D eigenvalue weighted by Gasteiger charge is 2.24. The molecule has 0 radical (unpaired) electrons. The second-order valence-electron chi connectivity index (χ2n) is 3.78. The van der Waals surface area contributed by atoms with Crippen molar-refractivity contribution in [3.8, 4) is 0 Å². The number of unbranched alkanes of at least 4 members (excludes halogenated alkanes) is 1. The lowest BCUT2D eigenvalue weighted by Gasteiger charge is -2.06. The zero-order valence-electron chi connectivity index (χ0n) is 10.5. The Hall–Kier alpha value is -2.16. The lowest BCUT2D eigenvalue weighted by molar-refractivity contribution is -0.387. The molecule has 0 spiro atoms. The minimum Gasteiger partial charge on any atom is -0.258 e. The molecule has 0 amide bonds. The molecule has 0 atom stereocenters. The number of rotatable bonds is 8. The average molecular weight is 299 g/mol. The Morgan fingerprint density at radius 1 is 1.35 bits per heavy atom. The molecule has 0 aliphatic carbocycles. The Kier molecular flexibility index (Phi) is 5.91. The van der Waals surface area contributed by atoms with Crippen LogP contribution in [0.2, 0.25) is 0 Å². The van der Waals surface area contributed by atoms with Crippen LogP contribution < -0.4 is 4.72 Å². The van der Waals surface area contributed by atoms with Crippen molar-refractivity contribution in [3.05, 3.63) is 44.8 Å². The summed E-state index contributed by atoms with van der Waals surface area (Å²) in [6.45, 7) is 0.402. The predicted molar refractivity (Wildman–Crippen MR) is 71.5 cm³/mol. The highest BCUT2D eigenvalue weighted by molar-refractivity contribution is 7.89. The molecular weight excluding hydrogens is 286 g/mol. The number of nitrogens with one attached hydrogen (secondary N) is 1. The Morgan fingerprint density at radius 2 is 2.05 bits per heavy atom. The summed E-state index contributed by atoms with van der Waals surface area (Å²) < 4.78 is 26.2. The number of azide groups is 1. The molecular formula is C10H13N5O4S. The van der Waals surface area contributed by atoms with E-state index in [1.165, 1.54) is 18.2 Å². The molecule has 1 rings (SSSR count). The van der Waals surface area contributed by atoms with E-state index in [9.17, 15) is 18.5 Å². The molecule has 0 saturated carbocycles. The third-order valence-corrected chi connectivity index (χ3v) is 3.90. The van der Waals surface area contributed by atoms with Crippen molar-refractivity contribution < 1.29 is 13.3 Å². The fourth-order valence-corrected chi connectivity index (χ4v) is 2.72. The third-order valence-electron chi connectivity index (χ3n) is 2.39. The zero-order chi connectivity index (χ0) is 15.0. The van der Waals surface area contributed by atoms with Gasteiger partial charge >= 0.3 is 0 Å². The number of sulfonamides is 1. The van der Waals surface area contributed by atoms with Gasteiger partial charge in [-0.2, -0.15) is 0 Å². The summed E-state index contributed by atoms with van der Waals surface area (Å²) in [6.07, 6.45) is 1.00. The molecule has 0 unspecified atom stereocenters. The van der Waals surface area contributed by atoms with Crippen molar-refractivity contribution in [2.24, 2.45) is 5.11 Å². The first-order valence-electron chi connectivity index (χ1n) is 5.73. The van der Waals surface area contributed by atoms with E-state index < -0.39 is 20.6 Å². The summed E-state index contributed by atoms with van der Waals surface area (Å²) in [5, 5.41) is 14.1. The van der Waals surface area contributed by atoms with Gasteiger partial charge in [0.25, 0.3) is 5.69 Å². The standard InChI is InChI=1S/C10H13N5O4S/c11-14-12-7-3-4-8-13-20(18,19)10-6-2-1-5-9(10)15(16)17/h1-2,5-6,13H,3-4,7-8H2. The Labute approximate surface area is 115 Å². The van der Waals surface area contributed by atoms with Crippen LogP contribution in [0.4, 0.5) is 5.69 Å². The van der Waals surface area contributed by atoms with Crippen molar-refractivity contribution >= 4 is 15.7 Å². The minimum atomic E-state index is -3.92. The van der Waals surface area contributed by atoms with E-state index in [1.807, 2.05) is 0 Å². The minimum absolute atomic E-state index is 0.120. The summed E-state index contributed by atoms with van der Waals surface area (Å²) in [6, 6.07) is 5.14. The van der Waals surface area contributed by atoms with Crippen LogP contribution in [-0.2, 0) is 10.0 Å². The summed E-state index contributed by atoms with van der Waals surface area (Å²) >= 11 is 0. The molecule has 108 valence electrons. The first kappa shape index (κ1) is 15.9. The fourth-order valence-electron chi connectivity index (χ4n) is 1.47. The Balaban J connectivity index is 2.70. The molecule has 10 heteroatoms. The van der Waals surface area contributed by atoms with Crippen molar-refractivity contribution in [2.45, 2.75) is 17.7 Å². The van der Waals surface area contributed by atoms with Crippen LogP contribution in [0.3, 0.4) is 0 Å². The summed E-state index contributed by atoms with van der Waals surface area (Å²) in [7, 11) is -3.92. The second kappa shape index (κ2) is 7.43. The molecule has 1 aromatic carbocycles. The summed E-state index contributed by atoms with van der Waals surface area (Å²) in [5.41, 5.74) is 7.60. The van der Waals surface area contributed by atoms with Gasteiger partial charge in [0.2, 0.25) is 10.0 Å². The van der Waals surface area contributed by atoms with Crippen LogP contribution in [0.1, 0.15) is 12.8 Å². The van der Waals surface area contributed by atoms with Gasteiger partial charge in [0, 0.05) is 24.1 Å². The van der Waals surface area contributed by atoms with Gasteiger partial charge in [-0.25, -0.2) is 13.1 Å². The van der Waals surface area contributed by atoms with Crippen LogP contribution in [0.5, 0.6) is 0 Å². The van der Waals surface area contributed by atoms with Crippen LogP contribution in [0.15, 0.2) is 34.3 Å². The molecule has 0 fully saturated rings. The highest BCUT2D eigenvalue weighted by atomic mass is 32.2. The zero-order valence-corrected chi connectivity index (χ0v) is 11.3. The average Bonchev–Trinajstić information content (AvgIpc) is 2.42. The fraction of sp³-hybridized carbons (Fsp3) is 0.400. The number of nitro benzene ring substituents is 1. The molecule has 0 aliphatic heterocycles. The van der Waals surface area contributed by atoms with Gasteiger partial charge in [0.05, 0.1) is 4.92 Å². The maximum Gasteiger partial charge on any atom is 0.289 e. The molecule has 0 aromatic heterocycles. The number of para-hydroxylation sites is 1. The summed E-state index contributed by atoms with van der Waals surface area (Å²) in [5.74, 6) is 0. The third kappa shape index (κ3) is 4.50. The molecule has 0 bridgehead atoms. The van der Waals surface area contributed by atoms with E-state index in [4.69, 9.17) is 5.53 Å². The van der Waals surface area contributed by atoms with E-state index in [-0.39, 0.29) is 18.0 Å². The van der Waals surface area contributed by atoms with Crippen LogP contribution in [0, 0.1) is 10.1 Å². The van der Waals surface area contributed by atoms with Gasteiger partial charge < -0.3 is 0 Å². The lowest BCUT2D eigenvalue weighted by atomic mass is 10.3. The number of hydrogen-bond acceptors (Lipinski definition) is 5. The molecule has 0 heterocycles. The smallest absolute Gasteiger partial charge is 0.258 e. The molecule has 9 nitrogen and oxygen atoms in total. The SMILES string of the molecule is [N-]=[N+]=NCCCCNS(=O)(=O)c1ccccc1[N+](=O)[O-]. The molecule has 0 saturated heterocycles. The van der Waals surface area contributed by atoms with Crippen molar-refractivity contribution in [1.29, 1.82) is 0 Å². The van der Waals surface area contributed by atoms with Gasteiger partial charge in [-0.1, -0.05) is 17.2 Å². The van der Waals surface area contributed by atoms with Gasteiger partial charge in [0.15, 0.2) is 4.90 Å². The molecule has 1 N–H and O–H groups in total. The number of nitro groups is 1. The largest absolute Gasteiger partial charge is 0.289 e. The van der Waals surface area contributed by atoms with E-state index in [2.05, 4.69) is 14.7 Å². The monoisotopic (exact) mass is 299 g/mol. The molecule has 20 heavy (non-hydrogen) atoms. The summed E-state index contributed by atoms with van der Waals surface area (Å²) in [4.78, 5) is 12.3. The van der Waals surface area contributed by atoms with Crippen molar-refractivity contribution in [3.63, 3.8) is 0 Å². The highest BCUT2D eigenvalue weighted by Crippen LogP contribution is 2.22. The van der Waals surface area contributed by atoms with E-state index in [0.29, 0.717) is 12.8 Å². The Morgan fingerprint density at radius 3 is 2.70 bits per heavy atom. The molecule has 0 aliphatic rings. The first-order chi connectivity index (χ1) is 9.49. The van der Waals surface area contributed by atoms with E-state index in [1.54, 1.807) is 0 Å². The number of benzene rings is 1. The normalized spacial score (nSPS) is 10.8. The van der Waals surface area contributed by atoms with Gasteiger partial charge in [0.1, 0.15) is 0 Å². The van der Waals surface area contributed by atoms with Crippen LogP contribution in [0.25, 0.3) is 10.4 Å². The van der Waals surface area contributed by atoms with Gasteiger partial charge in [-0.15, -0.1) is 0 Å². The van der Waals surface area contributed by atoms with E-state index in [0.717, 1.165) is 6.07 Å². The van der Waals surface area contributed by atoms with Gasteiger partial charge in [-0.05, 0) is 24.4 Å². The van der Waals surface area contributed by atoms with Crippen molar-refractivity contribution in [1.82, 2.24) is 4.72 Å². The Bertz CT molecular complexity index is 624. The maximum absolute atomic E-state index is 11.9. The predicted octanol–water partition coefficient (Wildman–Crippen LogP) is 1.96. The number of hydrogen-bond donors (Lipinski definition) is 1. The quantitative estimate of drug-likeness (QED) is 0.196. The maximum atomic E-state index is 11.9. The van der Waals surface area contributed by atoms with Gasteiger partial charge in [-0.3, -0.25) is 10.1 Å². The van der Waals surface area contributed by atoms with Crippen molar-refractivity contribution in [2.75, 3.05) is 13.1 Å². The number of nitrogens with zero attached hydrogens (tertiary/aromatic N) is 4.